The number of hydrogen-bond donors (Lipinski definition) is 2. The molecule has 7 rings (SSSR count). The van der Waals surface area contributed by atoms with E-state index in [0.717, 1.165) is 46.2 Å². The van der Waals surface area contributed by atoms with Crippen LogP contribution in [0.1, 0.15) is 156 Å². The van der Waals surface area contributed by atoms with Crippen LogP contribution in [0, 0.1) is 0 Å². The van der Waals surface area contributed by atoms with Crippen molar-refractivity contribution in [2.24, 2.45) is 0 Å². The van der Waals surface area contributed by atoms with Crippen molar-refractivity contribution in [3.05, 3.63) is 187 Å². The summed E-state index contributed by atoms with van der Waals surface area (Å²) in [5.74, 6) is 1.34. The van der Waals surface area contributed by atoms with Gasteiger partial charge in [-0.2, -0.15) is 0 Å². The average Bonchev–Trinajstić information content (AvgIpc) is 3.24. The summed E-state index contributed by atoms with van der Waals surface area (Å²) in [7, 11) is 0. The van der Waals surface area contributed by atoms with Crippen molar-refractivity contribution in [3.63, 3.8) is 0 Å². The highest BCUT2D eigenvalue weighted by Crippen LogP contribution is 2.42. The number of phenolic OH excluding ortho intramolecular Hbond substituents is 2. The molecule has 0 saturated heterocycles. The second-order valence-electron chi connectivity index (χ2n) is 18.8. The lowest BCUT2D eigenvalue weighted by Crippen LogP contribution is -2.15. The molecule has 6 heteroatoms. The number of hydrogen-bond acceptors (Lipinski definition) is 6. The number of ether oxygens (including phenoxy) is 2. The third-order valence-electron chi connectivity index (χ3n) is 11.8. The molecule has 6 aromatic carbocycles. The second-order valence-corrected chi connectivity index (χ2v) is 18.8. The minimum atomic E-state index is -0.271. The molecule has 1 aliphatic carbocycles. The van der Waals surface area contributed by atoms with Gasteiger partial charge in [-0.15, -0.1) is 0 Å². The molecule has 0 unspecified atom stereocenters. The second kappa shape index (κ2) is 18.1. The number of rotatable bonds is 10. The maximum atomic E-state index is 14.3. The quantitative estimate of drug-likeness (QED) is 0.133. The highest BCUT2D eigenvalue weighted by Gasteiger charge is 2.28. The van der Waals surface area contributed by atoms with Gasteiger partial charge in [-0.05, 0) is 104 Å². The lowest BCUT2D eigenvalue weighted by atomic mass is 9.81. The molecule has 0 amide bonds. The number of aromatic hydroxyl groups is 2. The first-order valence-corrected chi connectivity index (χ1v) is 22.0. The number of carbonyl (C=O) groups is 2. The topological polar surface area (TPSA) is 93.1 Å². The molecule has 0 saturated carbocycles. The molecule has 0 fully saturated rings. The van der Waals surface area contributed by atoms with Crippen LogP contribution in [0.4, 0.5) is 0 Å². The van der Waals surface area contributed by atoms with Gasteiger partial charge in [0, 0.05) is 47.9 Å². The molecule has 0 heterocycles. The molecule has 0 aromatic heterocycles. The third kappa shape index (κ3) is 9.50. The molecule has 2 N–H and O–H groups in total. The normalized spacial score (nSPS) is 12.8. The first-order chi connectivity index (χ1) is 29.5. The van der Waals surface area contributed by atoms with E-state index in [9.17, 15) is 19.8 Å². The van der Waals surface area contributed by atoms with Gasteiger partial charge in [0.25, 0.3) is 0 Å². The summed E-state index contributed by atoms with van der Waals surface area (Å²) in [6, 6.07) is 34.4. The summed E-state index contributed by atoms with van der Waals surface area (Å²) in [6.45, 7) is 18.0. The maximum Gasteiger partial charge on any atom is 0.193 e. The van der Waals surface area contributed by atoms with E-state index in [1.807, 2.05) is 84.9 Å². The first-order valence-electron chi connectivity index (χ1n) is 22.0. The standard InChI is InChI=1S/C56H60O6/c1-9-21-61-53-43-27-39-23-37(49(57)35-17-13-11-14-18-35)25-41(51(39)59)29-45-33-48(56(6,7)8)34-46(54(45)62-22-10-2)30-42-26-38(50(58)36-19-15-12-16-20-36)24-40(52(42)60)28-44(53)32-47(31-43)55(3,4)5/h11-20,23-26,31-34,59-60H,9-10,21-22,27-30H2,1-8H3. The Hall–Kier alpha value is -6.14. The van der Waals surface area contributed by atoms with E-state index in [1.165, 1.54) is 0 Å². The zero-order valence-corrected chi connectivity index (χ0v) is 37.6. The smallest absolute Gasteiger partial charge is 0.193 e. The van der Waals surface area contributed by atoms with Crippen LogP contribution in [0.15, 0.2) is 109 Å². The minimum absolute atomic E-state index is 0.127. The fraction of sp³-hybridized carbons (Fsp3) is 0.321. The zero-order valence-electron chi connectivity index (χ0n) is 37.6. The van der Waals surface area contributed by atoms with Gasteiger partial charge in [-0.3, -0.25) is 9.59 Å². The van der Waals surface area contributed by atoms with Crippen LogP contribution in [0.3, 0.4) is 0 Å². The number of ketones is 2. The average molecular weight is 829 g/mol. The van der Waals surface area contributed by atoms with E-state index in [-0.39, 0.29) is 59.6 Å². The van der Waals surface area contributed by atoms with Crippen molar-refractivity contribution < 1.29 is 29.3 Å². The van der Waals surface area contributed by atoms with Crippen LogP contribution < -0.4 is 9.47 Å². The van der Waals surface area contributed by atoms with E-state index < -0.39 is 0 Å². The molecular formula is C56H60O6. The molecular weight excluding hydrogens is 769 g/mol. The molecule has 0 atom stereocenters. The Morgan fingerprint density at radius 1 is 0.452 bits per heavy atom. The molecule has 0 aliphatic heterocycles. The van der Waals surface area contributed by atoms with Gasteiger partial charge < -0.3 is 19.7 Å². The lowest BCUT2D eigenvalue weighted by Gasteiger charge is -2.26. The lowest BCUT2D eigenvalue weighted by molar-refractivity contribution is 0.103. The fourth-order valence-corrected chi connectivity index (χ4v) is 8.33. The van der Waals surface area contributed by atoms with E-state index in [0.29, 0.717) is 69.2 Å². The van der Waals surface area contributed by atoms with Gasteiger partial charge in [0.05, 0.1) is 13.2 Å². The summed E-state index contributed by atoms with van der Waals surface area (Å²) in [5, 5.41) is 24.9. The van der Waals surface area contributed by atoms with Crippen LogP contribution in [0.5, 0.6) is 23.0 Å². The van der Waals surface area contributed by atoms with Crippen molar-refractivity contribution in [2.45, 2.75) is 105 Å². The van der Waals surface area contributed by atoms with Gasteiger partial charge >= 0.3 is 0 Å². The summed E-state index contributed by atoms with van der Waals surface area (Å²) in [6.07, 6.45) is 2.65. The van der Waals surface area contributed by atoms with Gasteiger partial charge in [-0.1, -0.05) is 140 Å². The molecule has 8 bridgehead atoms. The molecule has 0 radical (unpaired) electrons. The SMILES string of the molecule is CCCOc1c2cc(C(C)(C)C)cc1Cc1cc(C(=O)c3ccccc3)cc(c1O)Cc1cc(C(C)(C)C)cc(c1OCCC)Cc1cc(C(=O)c3ccccc3)cc(c1O)C2. The minimum Gasteiger partial charge on any atom is -0.507 e. The summed E-state index contributed by atoms with van der Waals surface area (Å²) in [5.41, 5.74) is 9.55. The fourth-order valence-electron chi connectivity index (χ4n) is 8.33. The molecule has 6 nitrogen and oxygen atoms in total. The largest absolute Gasteiger partial charge is 0.507 e. The predicted molar refractivity (Wildman–Crippen MR) is 249 cm³/mol. The Balaban J connectivity index is 1.57. The van der Waals surface area contributed by atoms with E-state index >= 15 is 0 Å². The molecule has 0 spiro atoms. The van der Waals surface area contributed by atoms with Gasteiger partial charge in [0.2, 0.25) is 0 Å². The van der Waals surface area contributed by atoms with Crippen LogP contribution in [0.2, 0.25) is 0 Å². The van der Waals surface area contributed by atoms with E-state index in [4.69, 9.17) is 9.47 Å². The molecule has 6 aromatic rings. The Morgan fingerprint density at radius 2 is 0.742 bits per heavy atom. The van der Waals surface area contributed by atoms with Gasteiger partial charge in [-0.25, -0.2) is 0 Å². The van der Waals surface area contributed by atoms with Crippen molar-refractivity contribution in [3.8, 4) is 23.0 Å². The van der Waals surface area contributed by atoms with Crippen molar-refractivity contribution in [2.75, 3.05) is 13.2 Å². The summed E-state index contributed by atoms with van der Waals surface area (Å²) < 4.78 is 13.3. The Kier molecular flexibility index (Phi) is 12.8. The molecule has 320 valence electrons. The summed E-state index contributed by atoms with van der Waals surface area (Å²) in [4.78, 5) is 28.6. The van der Waals surface area contributed by atoms with Crippen molar-refractivity contribution in [1.29, 1.82) is 0 Å². The predicted octanol–water partition coefficient (Wildman–Crippen LogP) is 12.4. The highest BCUT2D eigenvalue weighted by atomic mass is 16.5. The van der Waals surface area contributed by atoms with Crippen LogP contribution in [-0.4, -0.2) is 35.0 Å². The summed E-state index contributed by atoms with van der Waals surface area (Å²) >= 11 is 0. The maximum absolute atomic E-state index is 14.3. The van der Waals surface area contributed by atoms with Gasteiger partial charge in [0.15, 0.2) is 11.6 Å². The van der Waals surface area contributed by atoms with Crippen LogP contribution >= 0.6 is 0 Å². The third-order valence-corrected chi connectivity index (χ3v) is 11.8. The number of benzene rings is 6. The number of phenols is 2. The van der Waals surface area contributed by atoms with Gasteiger partial charge in [0.1, 0.15) is 23.0 Å². The van der Waals surface area contributed by atoms with Crippen LogP contribution in [-0.2, 0) is 36.5 Å². The molecule has 62 heavy (non-hydrogen) atoms. The van der Waals surface area contributed by atoms with E-state index in [1.54, 1.807) is 0 Å². The van der Waals surface area contributed by atoms with E-state index in [2.05, 4.69) is 79.7 Å². The number of carbonyl (C=O) groups excluding carboxylic acids is 2. The molecule has 1 aliphatic rings. The Bertz CT molecular complexity index is 2330. The van der Waals surface area contributed by atoms with Crippen LogP contribution in [0.25, 0.3) is 0 Å². The Morgan fingerprint density at radius 3 is 1.00 bits per heavy atom. The first kappa shape index (κ1) is 43.9. The highest BCUT2D eigenvalue weighted by molar-refractivity contribution is 6.10. The monoisotopic (exact) mass is 828 g/mol. The van der Waals surface area contributed by atoms with Crippen molar-refractivity contribution >= 4 is 11.6 Å². The zero-order chi connectivity index (χ0) is 44.3. The van der Waals surface area contributed by atoms with Crippen molar-refractivity contribution in [1.82, 2.24) is 0 Å². The Labute approximate surface area is 367 Å². The number of fused-ring (bicyclic) bond motifs is 8.